The summed E-state index contributed by atoms with van der Waals surface area (Å²) in [6.45, 7) is 0.472. The molecule has 0 heterocycles. The number of rotatable bonds is 5. The molecule has 0 fully saturated rings. The number of hydrogen-bond donors (Lipinski definition) is 2. The lowest BCUT2D eigenvalue weighted by molar-refractivity contribution is 0.0707. The highest BCUT2D eigenvalue weighted by Gasteiger charge is 2.16. The lowest BCUT2D eigenvalue weighted by Crippen LogP contribution is -2.33. The molecule has 21 heavy (non-hydrogen) atoms. The van der Waals surface area contributed by atoms with Gasteiger partial charge in [-0.25, -0.2) is 4.39 Å². The van der Waals surface area contributed by atoms with Gasteiger partial charge in [-0.1, -0.05) is 30.3 Å². The highest BCUT2D eigenvalue weighted by molar-refractivity contribution is 7.80. The van der Waals surface area contributed by atoms with Crippen molar-refractivity contribution in [3.63, 3.8) is 0 Å². The fourth-order valence-corrected chi connectivity index (χ4v) is 2.22. The van der Waals surface area contributed by atoms with E-state index < -0.39 is 5.82 Å². The number of aliphatic hydroxyl groups excluding tert-OH is 1. The summed E-state index contributed by atoms with van der Waals surface area (Å²) in [7, 11) is 0. The fraction of sp³-hybridized carbons (Fsp3) is 0.188. The van der Waals surface area contributed by atoms with Crippen molar-refractivity contribution in [1.29, 1.82) is 0 Å². The number of amides is 1. The molecule has 2 aromatic carbocycles. The lowest BCUT2D eigenvalue weighted by Gasteiger charge is -2.22. The quantitative estimate of drug-likeness (QED) is 0.834. The highest BCUT2D eigenvalue weighted by Crippen LogP contribution is 2.17. The Kier molecular flexibility index (Phi) is 5.36. The first-order chi connectivity index (χ1) is 10.1. The van der Waals surface area contributed by atoms with Crippen LogP contribution in [0.4, 0.5) is 4.39 Å². The number of thiol groups is 1. The molecular formula is C16H16FNO2S. The van der Waals surface area contributed by atoms with Crippen molar-refractivity contribution in [2.75, 3.05) is 13.2 Å². The molecule has 2 aromatic rings. The minimum absolute atomic E-state index is 0.129. The van der Waals surface area contributed by atoms with E-state index in [1.54, 1.807) is 0 Å². The summed E-state index contributed by atoms with van der Waals surface area (Å²) in [5.41, 5.74) is 1.32. The van der Waals surface area contributed by atoms with Gasteiger partial charge in [-0.2, -0.15) is 0 Å². The number of carbonyl (C=O) groups is 1. The van der Waals surface area contributed by atoms with Crippen LogP contribution >= 0.6 is 12.6 Å². The van der Waals surface area contributed by atoms with Crippen LogP contribution in [0.15, 0.2) is 53.4 Å². The summed E-state index contributed by atoms with van der Waals surface area (Å²) in [4.78, 5) is 14.1. The van der Waals surface area contributed by atoms with Gasteiger partial charge >= 0.3 is 0 Å². The summed E-state index contributed by atoms with van der Waals surface area (Å²) in [6, 6.07) is 13.5. The molecule has 0 saturated carbocycles. The van der Waals surface area contributed by atoms with Gasteiger partial charge in [0.1, 0.15) is 5.82 Å². The van der Waals surface area contributed by atoms with Crippen LogP contribution in [-0.2, 0) is 6.54 Å². The molecule has 0 unspecified atom stereocenters. The maximum atomic E-state index is 13.2. The normalized spacial score (nSPS) is 10.4. The van der Waals surface area contributed by atoms with E-state index >= 15 is 0 Å². The summed E-state index contributed by atoms with van der Waals surface area (Å²) >= 11 is 3.99. The first-order valence-corrected chi connectivity index (χ1v) is 6.99. The van der Waals surface area contributed by atoms with Crippen LogP contribution in [0, 0.1) is 5.82 Å². The Hall–Kier alpha value is -1.85. The third kappa shape index (κ3) is 4.06. The molecule has 0 bridgehead atoms. The van der Waals surface area contributed by atoms with Crippen molar-refractivity contribution in [3.05, 3.63) is 65.5 Å². The van der Waals surface area contributed by atoms with Gasteiger partial charge in [0.25, 0.3) is 5.91 Å². The Bertz CT molecular complexity index is 619. The van der Waals surface area contributed by atoms with Gasteiger partial charge in [-0.15, -0.1) is 12.6 Å². The van der Waals surface area contributed by atoms with Crippen molar-refractivity contribution in [2.45, 2.75) is 11.4 Å². The molecule has 0 aromatic heterocycles. The molecular weight excluding hydrogens is 289 g/mol. The molecule has 0 aliphatic rings. The van der Waals surface area contributed by atoms with Crippen LogP contribution in [0.3, 0.4) is 0 Å². The van der Waals surface area contributed by atoms with Crippen LogP contribution in [0.1, 0.15) is 15.9 Å². The topological polar surface area (TPSA) is 40.5 Å². The Balaban J connectivity index is 2.20. The number of nitrogens with zero attached hydrogens (tertiary/aromatic N) is 1. The van der Waals surface area contributed by atoms with Gasteiger partial charge in [-0.3, -0.25) is 4.79 Å². The molecule has 0 aliphatic heterocycles. The number of benzene rings is 2. The zero-order chi connectivity index (χ0) is 15.2. The maximum Gasteiger partial charge on any atom is 0.254 e. The molecule has 0 atom stereocenters. The van der Waals surface area contributed by atoms with E-state index in [1.165, 1.54) is 23.1 Å². The van der Waals surface area contributed by atoms with Crippen LogP contribution in [0.25, 0.3) is 0 Å². The van der Waals surface area contributed by atoms with E-state index in [-0.39, 0.29) is 24.0 Å². The van der Waals surface area contributed by atoms with Crippen LogP contribution in [0.5, 0.6) is 0 Å². The van der Waals surface area contributed by atoms with Crippen LogP contribution in [-0.4, -0.2) is 29.1 Å². The number of hydrogen-bond acceptors (Lipinski definition) is 3. The average molecular weight is 305 g/mol. The van der Waals surface area contributed by atoms with Crippen molar-refractivity contribution in [1.82, 2.24) is 4.90 Å². The molecule has 5 heteroatoms. The molecule has 3 nitrogen and oxygen atoms in total. The number of carbonyl (C=O) groups excluding carboxylic acids is 1. The van der Waals surface area contributed by atoms with E-state index in [0.717, 1.165) is 5.56 Å². The molecule has 1 amide bonds. The lowest BCUT2D eigenvalue weighted by atomic mass is 10.1. The Morgan fingerprint density at radius 2 is 1.90 bits per heavy atom. The predicted molar refractivity (Wildman–Crippen MR) is 81.9 cm³/mol. The number of halogens is 1. The summed E-state index contributed by atoms with van der Waals surface area (Å²) in [5.74, 6) is -0.727. The van der Waals surface area contributed by atoms with Crippen molar-refractivity contribution >= 4 is 18.5 Å². The molecule has 110 valence electrons. The van der Waals surface area contributed by atoms with E-state index in [4.69, 9.17) is 5.11 Å². The average Bonchev–Trinajstić information content (AvgIpc) is 2.50. The fourth-order valence-electron chi connectivity index (χ4n) is 2.01. The molecule has 1 N–H and O–H groups in total. The molecule has 2 rings (SSSR count). The monoisotopic (exact) mass is 305 g/mol. The van der Waals surface area contributed by atoms with Crippen molar-refractivity contribution < 1.29 is 14.3 Å². The maximum absolute atomic E-state index is 13.2. The first kappa shape index (κ1) is 15.5. The summed E-state index contributed by atoms with van der Waals surface area (Å²) in [5, 5.41) is 9.14. The van der Waals surface area contributed by atoms with Gasteiger partial charge in [0, 0.05) is 23.5 Å². The second-order valence-electron chi connectivity index (χ2n) is 4.60. The molecule has 0 spiro atoms. The minimum atomic E-state index is -0.466. The Labute approximate surface area is 128 Å². The van der Waals surface area contributed by atoms with E-state index in [2.05, 4.69) is 12.6 Å². The number of aliphatic hydroxyl groups is 1. The SMILES string of the molecule is O=C(c1ccc(F)c(S)c1)N(CCO)Cc1ccccc1. The highest BCUT2D eigenvalue weighted by atomic mass is 32.1. The van der Waals surface area contributed by atoms with E-state index in [1.807, 2.05) is 30.3 Å². The van der Waals surface area contributed by atoms with Gasteiger partial charge < -0.3 is 10.0 Å². The van der Waals surface area contributed by atoms with Gasteiger partial charge in [-0.05, 0) is 23.8 Å². The van der Waals surface area contributed by atoms with Gasteiger partial charge in [0.15, 0.2) is 0 Å². The third-order valence-corrected chi connectivity index (χ3v) is 3.41. The molecule has 0 radical (unpaired) electrons. The zero-order valence-corrected chi connectivity index (χ0v) is 12.3. The molecule has 0 saturated heterocycles. The van der Waals surface area contributed by atoms with E-state index in [0.29, 0.717) is 12.1 Å². The van der Waals surface area contributed by atoms with Crippen molar-refractivity contribution in [3.8, 4) is 0 Å². The first-order valence-electron chi connectivity index (χ1n) is 6.54. The van der Waals surface area contributed by atoms with Gasteiger partial charge in [0.2, 0.25) is 0 Å². The van der Waals surface area contributed by atoms with Gasteiger partial charge in [0.05, 0.1) is 6.61 Å². The van der Waals surface area contributed by atoms with Crippen molar-refractivity contribution in [2.24, 2.45) is 0 Å². The standard InChI is InChI=1S/C16H16FNO2S/c17-14-7-6-13(10-15(14)21)16(20)18(8-9-19)11-12-4-2-1-3-5-12/h1-7,10,19,21H,8-9,11H2. The van der Waals surface area contributed by atoms with E-state index in [9.17, 15) is 9.18 Å². The summed E-state index contributed by atoms with van der Waals surface area (Å²) < 4.78 is 13.2. The minimum Gasteiger partial charge on any atom is -0.395 e. The largest absolute Gasteiger partial charge is 0.395 e. The zero-order valence-electron chi connectivity index (χ0n) is 11.4. The molecule has 0 aliphatic carbocycles. The predicted octanol–water partition coefficient (Wildman–Crippen LogP) is 2.75. The summed E-state index contributed by atoms with van der Waals surface area (Å²) in [6.07, 6.45) is 0. The third-order valence-electron chi connectivity index (χ3n) is 3.07. The smallest absolute Gasteiger partial charge is 0.254 e. The second-order valence-corrected chi connectivity index (χ2v) is 5.08. The van der Waals surface area contributed by atoms with Crippen LogP contribution in [0.2, 0.25) is 0 Å². The Morgan fingerprint density at radius 3 is 2.52 bits per heavy atom. The Morgan fingerprint density at radius 1 is 1.19 bits per heavy atom. The second kappa shape index (κ2) is 7.24. The van der Waals surface area contributed by atoms with Crippen LogP contribution < -0.4 is 0 Å².